The Hall–Kier alpha value is -5.37. The maximum atomic E-state index is 14.7. The fourth-order valence-electron chi connectivity index (χ4n) is 8.79. The van der Waals surface area contributed by atoms with Gasteiger partial charge in [0.1, 0.15) is 0 Å². The van der Waals surface area contributed by atoms with Gasteiger partial charge in [-0.2, -0.15) is 29.5 Å². The monoisotopic (exact) mass is 1030 g/mol. The second-order valence-corrected chi connectivity index (χ2v) is 23.5. The van der Waals surface area contributed by atoms with E-state index in [2.05, 4.69) is 46.8 Å². The van der Waals surface area contributed by atoms with Crippen LogP contribution in [0.25, 0.3) is 0 Å². The summed E-state index contributed by atoms with van der Waals surface area (Å²) in [5, 5.41) is 7.24. The molecule has 5 amide bonds. The Kier molecular flexibility index (Phi) is 14.8. The Morgan fingerprint density at radius 1 is 0.779 bits per heavy atom. The number of likely N-dealkylation sites (tertiary alicyclic amines) is 1. The number of methoxy groups -OCH3 is 2. The molecule has 5 aliphatic rings. The number of carbonyl (C=O) groups excluding carboxylic acids is 5. The highest BCUT2D eigenvalue weighted by atomic mass is 32.2. The first kappa shape index (κ1) is 50.5. The molecule has 5 atom stereocenters. The zero-order valence-electron chi connectivity index (χ0n) is 37.0. The number of nitrogens with zero attached hydrogens (tertiary/aromatic N) is 3. The molecule has 6 N–H and O–H groups in total. The predicted molar refractivity (Wildman–Crippen MR) is 249 cm³/mol. The molecule has 0 aromatic heterocycles. The van der Waals surface area contributed by atoms with Crippen LogP contribution in [0.1, 0.15) is 46.4 Å². The van der Waals surface area contributed by atoms with E-state index in [4.69, 9.17) is 18.9 Å². The van der Waals surface area contributed by atoms with Crippen LogP contribution in [0.3, 0.4) is 0 Å². The molecule has 27 heteroatoms. The summed E-state index contributed by atoms with van der Waals surface area (Å²) in [6.07, 6.45) is -0.334. The topological polar surface area (TPSA) is 306 Å². The smallest absolute Gasteiger partial charge is 0.288 e. The number of hydrogen-bond donors (Lipinski definition) is 7. The summed E-state index contributed by atoms with van der Waals surface area (Å²) < 4.78 is 109. The van der Waals surface area contributed by atoms with E-state index in [0.717, 1.165) is 4.90 Å². The van der Waals surface area contributed by atoms with Gasteiger partial charge in [0, 0.05) is 70.0 Å². The van der Waals surface area contributed by atoms with Crippen molar-refractivity contribution in [3.05, 3.63) is 59.7 Å². The summed E-state index contributed by atoms with van der Waals surface area (Å²) in [6.45, 7) is 7.22. The van der Waals surface area contributed by atoms with Crippen molar-refractivity contribution in [2.24, 2.45) is 0 Å². The molecule has 2 aromatic rings. The van der Waals surface area contributed by atoms with Gasteiger partial charge in [0.2, 0.25) is 17.7 Å². The van der Waals surface area contributed by atoms with E-state index in [-0.39, 0.29) is 129 Å². The van der Waals surface area contributed by atoms with Gasteiger partial charge in [-0.05, 0) is 25.0 Å². The molecule has 3 saturated heterocycles. The number of anilines is 2. The van der Waals surface area contributed by atoms with Gasteiger partial charge in [-0.25, -0.2) is 0 Å². The normalized spacial score (nSPS) is 23.4. The molecule has 0 radical (unpaired) electrons. The second-order valence-electron chi connectivity index (χ2n) is 16.8. The molecule has 3 fully saturated rings. The summed E-state index contributed by atoms with van der Waals surface area (Å²) in [5.41, 5.74) is 1.36. The third-order valence-corrected chi connectivity index (χ3v) is 17.3. The summed E-state index contributed by atoms with van der Waals surface area (Å²) in [6, 6.07) is 3.50. The van der Waals surface area contributed by atoms with Gasteiger partial charge < -0.3 is 49.3 Å². The van der Waals surface area contributed by atoms with Crippen molar-refractivity contribution < 1.29 is 73.4 Å². The molecular weight excluding hydrogens is 974 g/mol. The molecule has 7 rings (SSSR count). The van der Waals surface area contributed by atoms with Crippen LogP contribution in [0.5, 0.6) is 23.0 Å². The highest BCUT2D eigenvalue weighted by molar-refractivity contribution is 7.86. The third kappa shape index (κ3) is 10.7. The summed E-state index contributed by atoms with van der Waals surface area (Å²) in [4.78, 5) is 68.0. The van der Waals surface area contributed by atoms with Crippen LogP contribution in [-0.4, -0.2) is 171 Å². The van der Waals surface area contributed by atoms with Crippen LogP contribution in [0, 0.1) is 0 Å². The van der Waals surface area contributed by atoms with Crippen LogP contribution < -0.4 is 40.0 Å². The number of amides is 5. The van der Waals surface area contributed by atoms with Gasteiger partial charge in [0.25, 0.3) is 32.1 Å². The molecule has 68 heavy (non-hydrogen) atoms. The van der Waals surface area contributed by atoms with E-state index >= 15 is 0 Å². The first-order chi connectivity index (χ1) is 32.0. The fourth-order valence-corrected chi connectivity index (χ4v) is 12.8. The van der Waals surface area contributed by atoms with Gasteiger partial charge in [-0.3, -0.25) is 43.1 Å². The molecule has 5 heterocycles. The highest BCUT2D eigenvalue weighted by Crippen LogP contribution is 2.44. The number of fused-ring (bicyclic) bond motifs is 4. The van der Waals surface area contributed by atoms with Crippen LogP contribution in [0.15, 0.2) is 48.6 Å². The minimum atomic E-state index is -4.74. The Bertz CT molecular complexity index is 2570. The van der Waals surface area contributed by atoms with Gasteiger partial charge in [-0.1, -0.05) is 24.3 Å². The van der Waals surface area contributed by atoms with Crippen LogP contribution >= 0.6 is 19.9 Å². The lowest BCUT2D eigenvalue weighted by atomic mass is 10.1. The quantitative estimate of drug-likeness (QED) is 0.0261. The summed E-state index contributed by atoms with van der Waals surface area (Å²) in [7, 11) is -10.4. The number of imide groups is 1. The van der Waals surface area contributed by atoms with Crippen molar-refractivity contribution in [2.45, 2.75) is 53.8 Å². The van der Waals surface area contributed by atoms with E-state index in [0.29, 0.717) is 11.1 Å². The van der Waals surface area contributed by atoms with Gasteiger partial charge >= 0.3 is 0 Å². The third-order valence-electron chi connectivity index (χ3n) is 12.2. The van der Waals surface area contributed by atoms with E-state index in [1.54, 1.807) is 0 Å². The highest BCUT2D eigenvalue weighted by Gasteiger charge is 2.48. The van der Waals surface area contributed by atoms with Crippen molar-refractivity contribution in [3.63, 3.8) is 0 Å². The Labute approximate surface area is 397 Å². The molecule has 23 nitrogen and oxygen atoms in total. The number of ether oxygens (including phenoxy) is 4. The number of nitrogens with one attached hydrogen (secondary N) is 4. The largest absolute Gasteiger partial charge is 0.493 e. The van der Waals surface area contributed by atoms with E-state index in [1.807, 2.05) is 0 Å². The first-order valence-corrected chi connectivity index (χ1v) is 26.8. The van der Waals surface area contributed by atoms with Crippen molar-refractivity contribution in [1.82, 2.24) is 25.1 Å². The molecular formula is C41H52N7O16PS3. The molecule has 0 saturated carbocycles. The average molecular weight is 1030 g/mol. The molecule has 0 aliphatic carbocycles. The lowest BCUT2D eigenvalue weighted by Crippen LogP contribution is -2.47. The Morgan fingerprint density at radius 3 is 1.66 bits per heavy atom. The first-order valence-electron chi connectivity index (χ1n) is 21.2. The number of benzene rings is 2. The lowest BCUT2D eigenvalue weighted by molar-refractivity contribution is -0.138. The summed E-state index contributed by atoms with van der Waals surface area (Å²) >= 11 is 4.09. The minimum Gasteiger partial charge on any atom is -0.493 e. The maximum absolute atomic E-state index is 14.7. The Balaban J connectivity index is 1.07. The number of rotatable bonds is 19. The zero-order valence-corrected chi connectivity index (χ0v) is 40.4. The molecule has 3 unspecified atom stereocenters. The molecule has 5 aliphatic heterocycles. The maximum Gasteiger partial charge on any atom is 0.288 e. The molecule has 370 valence electrons. The van der Waals surface area contributed by atoms with Crippen LogP contribution in [0.4, 0.5) is 11.4 Å². The van der Waals surface area contributed by atoms with E-state index < -0.39 is 85.1 Å². The average Bonchev–Trinajstić information content (AvgIpc) is 3.88. The van der Waals surface area contributed by atoms with Crippen LogP contribution in [0.2, 0.25) is 0 Å². The van der Waals surface area contributed by atoms with Crippen molar-refractivity contribution >= 4 is 81.1 Å². The second kappa shape index (κ2) is 19.9. The van der Waals surface area contributed by atoms with Crippen molar-refractivity contribution in [3.8, 4) is 23.0 Å². The number of thiol groups is 1. The molecule has 0 spiro atoms. The van der Waals surface area contributed by atoms with Crippen LogP contribution in [-0.2, 0) is 39.2 Å². The van der Waals surface area contributed by atoms with Crippen molar-refractivity contribution in [2.75, 3.05) is 83.1 Å². The van der Waals surface area contributed by atoms with Gasteiger partial charge in [0.15, 0.2) is 41.0 Å². The fraction of sp³-hybridized carbons (Fsp3) is 0.488. The SMILES string of the molecule is C=C1C[C@H]2C(S(=O)(=O)O)Nc3cc(OCCP(=O)(CCOc4cc5c(cc4OC)C(=O)N4CC(=C)C[C@H]4C(S(=O)(=O)O)N5)NCCNC(=O)CCN4C(=O)CC(S)C4=O)c(OC)cc3C(=O)N2C1. The standard InChI is InChI=1S/C41H52N7O16PS3/c1-22-13-28-37(67(55,56)57)44-26-17-32(30(61-3)15-24(26)39(51)47(28)20-22)63-9-11-65(54,43-7-6-42-35(49)5-8-46-36(50)19-34(66)41(46)53)12-10-64-33-18-27-25(16-31(33)62-4)40(52)48-21-23(2)14-29(48)38(45-27)68(58,59)60/h15-18,28-29,34,37-38,44-45,66H,1-2,5-14,19-21H2,3-4H3,(H,42,49)(H,43,54)(H,55,56,57)(H,58,59,60)/t28-,29-,34?,37?,38?,65?/m0/s1. The molecule has 2 aromatic carbocycles. The van der Waals surface area contributed by atoms with Crippen molar-refractivity contribution in [1.29, 1.82) is 0 Å². The van der Waals surface area contributed by atoms with Gasteiger partial charge in [-0.15, -0.1) is 0 Å². The number of carbonyl (C=O) groups is 5. The molecule has 0 bridgehead atoms. The predicted octanol–water partition coefficient (Wildman–Crippen LogP) is 1.41. The lowest BCUT2D eigenvalue weighted by Gasteiger charge is -2.26. The summed E-state index contributed by atoms with van der Waals surface area (Å²) in [5.74, 6) is -2.23. The van der Waals surface area contributed by atoms with Gasteiger partial charge in [0.05, 0.1) is 67.3 Å². The Morgan fingerprint density at radius 2 is 1.25 bits per heavy atom. The number of hydrogen-bond acceptors (Lipinski definition) is 17. The zero-order chi connectivity index (χ0) is 49.5. The minimum absolute atomic E-state index is 0.0289. The van der Waals surface area contributed by atoms with E-state index in [9.17, 15) is 54.5 Å². The van der Waals surface area contributed by atoms with E-state index in [1.165, 1.54) is 48.3 Å².